The van der Waals surface area contributed by atoms with E-state index in [0.29, 0.717) is 5.02 Å². The Morgan fingerprint density at radius 2 is 1.95 bits per heavy atom. The Morgan fingerprint density at radius 3 is 2.80 bits per heavy atom. The van der Waals surface area contributed by atoms with Gasteiger partial charge in [0.15, 0.2) is 0 Å². The smallest absolute Gasteiger partial charge is 0.137 e. The normalized spacial score (nSPS) is 11.1. The van der Waals surface area contributed by atoms with E-state index in [4.69, 9.17) is 11.6 Å². The fraction of sp³-hybridized carbons (Fsp3) is 0.133. The molecule has 5 heteroatoms. The summed E-state index contributed by atoms with van der Waals surface area (Å²) >= 11 is 9.50. The molecule has 3 nitrogen and oxygen atoms in total. The molecule has 0 fully saturated rings. The second-order valence-corrected chi connectivity index (χ2v) is 5.83. The Labute approximate surface area is 130 Å². The van der Waals surface area contributed by atoms with E-state index in [-0.39, 0.29) is 0 Å². The molecule has 2 aromatic heterocycles. The van der Waals surface area contributed by atoms with E-state index in [9.17, 15) is 0 Å². The van der Waals surface area contributed by atoms with Crippen LogP contribution in [0.4, 0.5) is 0 Å². The summed E-state index contributed by atoms with van der Waals surface area (Å²) in [5.41, 5.74) is 3.14. The summed E-state index contributed by atoms with van der Waals surface area (Å²) in [5.74, 6) is 0. The summed E-state index contributed by atoms with van der Waals surface area (Å²) < 4.78 is 3.06. The van der Waals surface area contributed by atoms with Gasteiger partial charge in [0, 0.05) is 30.0 Å². The largest absolute Gasteiger partial charge is 0.307 e. The molecule has 3 aromatic rings. The predicted molar refractivity (Wildman–Crippen MR) is 84.9 cm³/mol. The second kappa shape index (κ2) is 5.95. The number of hydrogen-bond donors (Lipinski definition) is 1. The van der Waals surface area contributed by atoms with E-state index in [1.54, 1.807) is 0 Å². The molecule has 20 heavy (non-hydrogen) atoms. The van der Waals surface area contributed by atoms with Gasteiger partial charge in [-0.1, -0.05) is 45.7 Å². The summed E-state index contributed by atoms with van der Waals surface area (Å²) in [6.07, 6.45) is 3.86. The Kier molecular flexibility index (Phi) is 4.05. The van der Waals surface area contributed by atoms with Gasteiger partial charge in [-0.25, -0.2) is 4.98 Å². The fourth-order valence-corrected chi connectivity index (χ4v) is 2.66. The summed E-state index contributed by atoms with van der Waals surface area (Å²) in [6.45, 7) is 1.52. The third-order valence-electron chi connectivity index (χ3n) is 3.04. The van der Waals surface area contributed by atoms with Gasteiger partial charge in [-0.15, -0.1) is 0 Å². The van der Waals surface area contributed by atoms with Crippen molar-refractivity contribution in [1.29, 1.82) is 0 Å². The average Bonchev–Trinajstić information content (AvgIpc) is 2.83. The van der Waals surface area contributed by atoms with Crippen molar-refractivity contribution in [3.05, 3.63) is 69.5 Å². The molecular formula is C15H13BrClN3. The number of fused-ring (bicyclic) bond motifs is 1. The molecule has 0 aliphatic rings. The molecule has 0 amide bonds. The zero-order chi connectivity index (χ0) is 13.9. The first-order chi connectivity index (χ1) is 9.72. The molecule has 0 unspecified atom stereocenters. The maximum Gasteiger partial charge on any atom is 0.137 e. The third-order valence-corrected chi connectivity index (χ3v) is 4.04. The van der Waals surface area contributed by atoms with Crippen LogP contribution in [0.3, 0.4) is 0 Å². The molecular weight excluding hydrogens is 338 g/mol. The number of benzene rings is 1. The number of hydrogen-bond acceptors (Lipinski definition) is 2. The maximum absolute atomic E-state index is 5.96. The van der Waals surface area contributed by atoms with Crippen molar-refractivity contribution in [2.45, 2.75) is 13.1 Å². The molecule has 0 aliphatic carbocycles. The van der Waals surface area contributed by atoms with E-state index in [1.165, 1.54) is 5.56 Å². The van der Waals surface area contributed by atoms with Crippen LogP contribution in [-0.2, 0) is 13.1 Å². The van der Waals surface area contributed by atoms with Crippen LogP contribution in [0.1, 0.15) is 11.3 Å². The van der Waals surface area contributed by atoms with Crippen molar-refractivity contribution in [2.75, 3.05) is 0 Å². The first-order valence-electron chi connectivity index (χ1n) is 6.29. The Hall–Kier alpha value is -1.36. The highest BCUT2D eigenvalue weighted by molar-refractivity contribution is 9.10. The minimum atomic E-state index is 0.711. The van der Waals surface area contributed by atoms with Gasteiger partial charge >= 0.3 is 0 Å². The van der Waals surface area contributed by atoms with Gasteiger partial charge < -0.3 is 9.72 Å². The first-order valence-corrected chi connectivity index (χ1v) is 7.47. The van der Waals surface area contributed by atoms with Crippen molar-refractivity contribution in [2.24, 2.45) is 0 Å². The van der Waals surface area contributed by atoms with Crippen molar-refractivity contribution in [1.82, 2.24) is 14.7 Å². The van der Waals surface area contributed by atoms with Gasteiger partial charge in [0.25, 0.3) is 0 Å². The molecule has 1 N–H and O–H groups in total. The number of nitrogens with zero attached hydrogens (tertiary/aromatic N) is 2. The number of halogens is 2. The predicted octanol–water partition coefficient (Wildman–Crippen LogP) is 4.04. The van der Waals surface area contributed by atoms with Crippen molar-refractivity contribution < 1.29 is 0 Å². The SMILES string of the molecule is Clc1ccc2nc(CNCc3ccccc3Br)cn2c1. The van der Waals surface area contributed by atoms with Crippen LogP contribution >= 0.6 is 27.5 Å². The lowest BCUT2D eigenvalue weighted by atomic mass is 10.2. The van der Waals surface area contributed by atoms with Crippen LogP contribution in [0.5, 0.6) is 0 Å². The lowest BCUT2D eigenvalue weighted by molar-refractivity contribution is 0.681. The first kappa shape index (κ1) is 13.6. The molecule has 2 heterocycles. The number of rotatable bonds is 4. The van der Waals surface area contributed by atoms with Gasteiger partial charge in [0.05, 0.1) is 10.7 Å². The highest BCUT2D eigenvalue weighted by Gasteiger charge is 2.03. The zero-order valence-corrected chi connectivity index (χ0v) is 13.0. The van der Waals surface area contributed by atoms with Crippen LogP contribution in [-0.4, -0.2) is 9.38 Å². The van der Waals surface area contributed by atoms with Gasteiger partial charge in [0.1, 0.15) is 5.65 Å². The molecule has 0 aliphatic heterocycles. The highest BCUT2D eigenvalue weighted by atomic mass is 79.9. The molecule has 0 saturated heterocycles. The fourth-order valence-electron chi connectivity index (χ4n) is 2.07. The van der Waals surface area contributed by atoms with E-state index < -0.39 is 0 Å². The van der Waals surface area contributed by atoms with Gasteiger partial charge in [0.2, 0.25) is 0 Å². The lowest BCUT2D eigenvalue weighted by Gasteiger charge is -2.04. The summed E-state index contributed by atoms with van der Waals surface area (Å²) in [5, 5.41) is 4.11. The van der Waals surface area contributed by atoms with Crippen LogP contribution in [0.25, 0.3) is 5.65 Å². The lowest BCUT2D eigenvalue weighted by Crippen LogP contribution is -2.13. The number of nitrogens with one attached hydrogen (secondary N) is 1. The Balaban J connectivity index is 1.67. The maximum atomic E-state index is 5.96. The standard InChI is InChI=1S/C15H13BrClN3/c16-14-4-2-1-3-11(14)7-18-8-13-10-20-9-12(17)5-6-15(20)19-13/h1-6,9-10,18H,7-8H2. The van der Waals surface area contributed by atoms with Gasteiger partial charge in [-0.3, -0.25) is 0 Å². The van der Waals surface area contributed by atoms with Gasteiger partial charge in [-0.05, 0) is 23.8 Å². The van der Waals surface area contributed by atoms with E-state index in [2.05, 4.69) is 32.3 Å². The molecule has 0 bridgehead atoms. The minimum absolute atomic E-state index is 0.711. The van der Waals surface area contributed by atoms with Crippen LogP contribution in [0, 0.1) is 0 Å². The zero-order valence-electron chi connectivity index (χ0n) is 10.7. The summed E-state index contributed by atoms with van der Waals surface area (Å²) in [7, 11) is 0. The van der Waals surface area contributed by atoms with Crippen molar-refractivity contribution in [3.8, 4) is 0 Å². The molecule has 0 radical (unpaired) electrons. The molecule has 1 aromatic carbocycles. The van der Waals surface area contributed by atoms with Crippen molar-refractivity contribution >= 4 is 33.2 Å². The second-order valence-electron chi connectivity index (χ2n) is 4.54. The van der Waals surface area contributed by atoms with E-state index in [1.807, 2.05) is 47.1 Å². The van der Waals surface area contributed by atoms with E-state index in [0.717, 1.165) is 28.9 Å². The Bertz CT molecular complexity index is 739. The molecule has 102 valence electrons. The summed E-state index contributed by atoms with van der Waals surface area (Å²) in [6, 6.07) is 12.0. The van der Waals surface area contributed by atoms with Crippen LogP contribution in [0.2, 0.25) is 5.02 Å². The number of pyridine rings is 1. The molecule has 0 atom stereocenters. The number of imidazole rings is 1. The molecule has 0 spiro atoms. The van der Waals surface area contributed by atoms with Gasteiger partial charge in [-0.2, -0.15) is 0 Å². The van der Waals surface area contributed by atoms with Crippen LogP contribution < -0.4 is 5.32 Å². The molecule has 3 rings (SSSR count). The van der Waals surface area contributed by atoms with Crippen molar-refractivity contribution in [3.63, 3.8) is 0 Å². The van der Waals surface area contributed by atoms with E-state index >= 15 is 0 Å². The summed E-state index contributed by atoms with van der Waals surface area (Å²) in [4.78, 5) is 4.54. The quantitative estimate of drug-likeness (QED) is 0.769. The number of aromatic nitrogens is 2. The minimum Gasteiger partial charge on any atom is -0.307 e. The molecule has 0 saturated carbocycles. The third kappa shape index (κ3) is 3.03. The van der Waals surface area contributed by atoms with Crippen LogP contribution in [0.15, 0.2) is 53.3 Å². The average molecular weight is 351 g/mol. The topological polar surface area (TPSA) is 29.3 Å². The highest BCUT2D eigenvalue weighted by Crippen LogP contribution is 2.16. The Morgan fingerprint density at radius 1 is 1.10 bits per heavy atom. The monoisotopic (exact) mass is 349 g/mol.